The molecular formula is C13H20N2O2. The molecule has 2 unspecified atom stereocenters. The zero-order chi connectivity index (χ0) is 12.4. The van der Waals surface area contributed by atoms with Gasteiger partial charge in [-0.2, -0.15) is 0 Å². The Morgan fingerprint density at radius 2 is 2.35 bits per heavy atom. The fourth-order valence-electron chi connectivity index (χ4n) is 2.42. The van der Waals surface area contributed by atoms with Crippen LogP contribution in [-0.2, 0) is 0 Å². The van der Waals surface area contributed by atoms with Crippen LogP contribution >= 0.6 is 0 Å². The van der Waals surface area contributed by atoms with Crippen LogP contribution in [0, 0.1) is 5.92 Å². The van der Waals surface area contributed by atoms with Crippen LogP contribution in [0.2, 0.25) is 0 Å². The summed E-state index contributed by atoms with van der Waals surface area (Å²) in [6.45, 7) is 4.97. The van der Waals surface area contributed by atoms with Crippen LogP contribution in [0.3, 0.4) is 0 Å². The molecular weight excluding hydrogens is 216 g/mol. The van der Waals surface area contributed by atoms with Crippen LogP contribution in [0.4, 0.5) is 5.82 Å². The molecule has 0 bridgehead atoms. The van der Waals surface area contributed by atoms with Crippen LogP contribution in [0.15, 0.2) is 18.3 Å². The van der Waals surface area contributed by atoms with Gasteiger partial charge in [0.25, 0.3) is 0 Å². The minimum Gasteiger partial charge on any atom is -0.394 e. The minimum absolute atomic E-state index is 0.145. The van der Waals surface area contributed by atoms with Crippen molar-refractivity contribution in [3.8, 4) is 0 Å². The molecule has 1 aromatic heterocycles. The molecule has 0 aliphatic carbocycles. The smallest absolute Gasteiger partial charge is 0.129 e. The molecule has 4 heteroatoms. The van der Waals surface area contributed by atoms with Crippen molar-refractivity contribution in [2.24, 2.45) is 5.92 Å². The highest BCUT2D eigenvalue weighted by Gasteiger charge is 2.31. The van der Waals surface area contributed by atoms with Gasteiger partial charge in [-0.05, 0) is 37.0 Å². The molecule has 1 aromatic rings. The van der Waals surface area contributed by atoms with Gasteiger partial charge < -0.3 is 15.1 Å². The molecule has 3 atom stereocenters. The van der Waals surface area contributed by atoms with Crippen LogP contribution < -0.4 is 4.90 Å². The van der Waals surface area contributed by atoms with E-state index in [1.807, 2.05) is 12.1 Å². The highest BCUT2D eigenvalue weighted by atomic mass is 16.3. The second kappa shape index (κ2) is 5.02. The van der Waals surface area contributed by atoms with Crippen molar-refractivity contribution in [2.45, 2.75) is 32.4 Å². The van der Waals surface area contributed by atoms with E-state index < -0.39 is 6.10 Å². The predicted molar refractivity (Wildman–Crippen MR) is 66.9 cm³/mol. The Morgan fingerprint density at radius 3 is 3.00 bits per heavy atom. The predicted octanol–water partition coefficient (Wildman–Crippen LogP) is 1.34. The Morgan fingerprint density at radius 1 is 1.59 bits per heavy atom. The molecule has 2 N–H and O–H groups in total. The Bertz CT molecular complexity index is 381. The van der Waals surface area contributed by atoms with Crippen molar-refractivity contribution in [2.75, 3.05) is 18.1 Å². The highest BCUT2D eigenvalue weighted by Crippen LogP contribution is 2.29. The quantitative estimate of drug-likeness (QED) is 0.831. The third-order valence-corrected chi connectivity index (χ3v) is 3.62. The second-order valence-electron chi connectivity index (χ2n) is 4.83. The molecule has 2 heterocycles. The standard InChI is InChI=1S/C13H20N2O2/c1-9-4-6-15(12(9)8-16)13-7-11(10(2)17)3-5-14-13/h3,5,7,9-10,12,16-17H,4,6,8H2,1-2H3/t9?,10-,12?/m0/s1. The van der Waals surface area contributed by atoms with Gasteiger partial charge in [-0.1, -0.05) is 6.92 Å². The topological polar surface area (TPSA) is 56.6 Å². The fourth-order valence-corrected chi connectivity index (χ4v) is 2.42. The average Bonchev–Trinajstić information content (AvgIpc) is 2.70. The van der Waals surface area contributed by atoms with E-state index in [1.165, 1.54) is 0 Å². The summed E-state index contributed by atoms with van der Waals surface area (Å²) in [6, 6.07) is 3.87. The van der Waals surface area contributed by atoms with Crippen molar-refractivity contribution in [1.82, 2.24) is 4.98 Å². The summed E-state index contributed by atoms with van der Waals surface area (Å²) >= 11 is 0. The lowest BCUT2D eigenvalue weighted by Crippen LogP contribution is -2.35. The van der Waals surface area contributed by atoms with Gasteiger partial charge in [-0.25, -0.2) is 4.98 Å². The molecule has 0 spiro atoms. The number of rotatable bonds is 3. The van der Waals surface area contributed by atoms with Gasteiger partial charge in [-0.3, -0.25) is 0 Å². The number of nitrogens with zero attached hydrogens (tertiary/aromatic N) is 2. The van der Waals surface area contributed by atoms with Gasteiger partial charge in [0.15, 0.2) is 0 Å². The van der Waals surface area contributed by atoms with Crippen LogP contribution in [0.5, 0.6) is 0 Å². The summed E-state index contributed by atoms with van der Waals surface area (Å²) in [5, 5.41) is 19.0. The Kier molecular flexibility index (Phi) is 3.64. The molecule has 1 fully saturated rings. The molecule has 94 valence electrons. The lowest BCUT2D eigenvalue weighted by molar-refractivity contribution is 0.199. The van der Waals surface area contributed by atoms with Crippen molar-refractivity contribution in [3.05, 3.63) is 23.9 Å². The third-order valence-electron chi connectivity index (χ3n) is 3.62. The number of aliphatic hydroxyl groups is 2. The van der Waals surface area contributed by atoms with Crippen molar-refractivity contribution in [3.63, 3.8) is 0 Å². The maximum atomic E-state index is 9.57. The van der Waals surface area contributed by atoms with E-state index in [4.69, 9.17) is 0 Å². The number of hydrogen-bond donors (Lipinski definition) is 2. The molecule has 1 saturated heterocycles. The van der Waals surface area contributed by atoms with Gasteiger partial charge in [0.1, 0.15) is 5.82 Å². The minimum atomic E-state index is -0.482. The van der Waals surface area contributed by atoms with E-state index in [9.17, 15) is 10.2 Å². The summed E-state index contributed by atoms with van der Waals surface area (Å²) in [4.78, 5) is 6.48. The van der Waals surface area contributed by atoms with Crippen molar-refractivity contribution in [1.29, 1.82) is 0 Å². The van der Waals surface area contributed by atoms with E-state index in [-0.39, 0.29) is 12.6 Å². The maximum absolute atomic E-state index is 9.57. The zero-order valence-corrected chi connectivity index (χ0v) is 10.4. The first-order chi connectivity index (χ1) is 8.13. The van der Waals surface area contributed by atoms with Gasteiger partial charge in [0, 0.05) is 12.7 Å². The summed E-state index contributed by atoms with van der Waals surface area (Å²) in [5.74, 6) is 1.34. The van der Waals surface area contributed by atoms with Gasteiger partial charge in [0.2, 0.25) is 0 Å². The van der Waals surface area contributed by atoms with E-state index in [0.717, 1.165) is 24.3 Å². The summed E-state index contributed by atoms with van der Waals surface area (Å²) in [5.41, 5.74) is 0.867. The van der Waals surface area contributed by atoms with E-state index >= 15 is 0 Å². The van der Waals surface area contributed by atoms with Gasteiger partial charge in [0.05, 0.1) is 18.8 Å². The molecule has 1 aliphatic rings. The molecule has 0 aromatic carbocycles. The molecule has 1 aliphatic heterocycles. The van der Waals surface area contributed by atoms with Crippen molar-refractivity contribution >= 4 is 5.82 Å². The molecule has 17 heavy (non-hydrogen) atoms. The highest BCUT2D eigenvalue weighted by molar-refractivity contribution is 5.44. The lowest BCUT2D eigenvalue weighted by Gasteiger charge is -2.26. The molecule has 0 saturated carbocycles. The molecule has 0 amide bonds. The SMILES string of the molecule is CC1CCN(c2cc([C@H](C)O)ccn2)C1CO. The summed E-state index contributed by atoms with van der Waals surface area (Å²) < 4.78 is 0. The second-order valence-corrected chi connectivity index (χ2v) is 4.83. The summed E-state index contributed by atoms with van der Waals surface area (Å²) in [7, 11) is 0. The Labute approximate surface area is 102 Å². The summed E-state index contributed by atoms with van der Waals surface area (Å²) in [6.07, 6.45) is 2.31. The van der Waals surface area contributed by atoms with Crippen LogP contribution in [-0.4, -0.2) is 34.4 Å². The third kappa shape index (κ3) is 2.42. The van der Waals surface area contributed by atoms with Crippen LogP contribution in [0.25, 0.3) is 0 Å². The fraction of sp³-hybridized carbons (Fsp3) is 0.615. The van der Waals surface area contributed by atoms with E-state index in [0.29, 0.717) is 5.92 Å². The van der Waals surface area contributed by atoms with E-state index in [2.05, 4.69) is 16.8 Å². The monoisotopic (exact) mass is 236 g/mol. The number of hydrogen-bond acceptors (Lipinski definition) is 4. The Hall–Kier alpha value is -1.13. The zero-order valence-electron chi connectivity index (χ0n) is 10.4. The van der Waals surface area contributed by atoms with Gasteiger partial charge >= 0.3 is 0 Å². The maximum Gasteiger partial charge on any atom is 0.129 e. The largest absolute Gasteiger partial charge is 0.394 e. The first-order valence-electron chi connectivity index (χ1n) is 6.15. The number of anilines is 1. The molecule has 0 radical (unpaired) electrons. The number of pyridine rings is 1. The van der Waals surface area contributed by atoms with Crippen molar-refractivity contribution < 1.29 is 10.2 Å². The first kappa shape index (κ1) is 12.3. The lowest BCUT2D eigenvalue weighted by atomic mass is 10.0. The number of aliphatic hydroxyl groups excluding tert-OH is 2. The number of aromatic nitrogens is 1. The Balaban J connectivity index is 2.25. The normalized spacial score (nSPS) is 26.2. The van der Waals surface area contributed by atoms with Crippen LogP contribution in [0.1, 0.15) is 31.9 Å². The average molecular weight is 236 g/mol. The molecule has 2 rings (SSSR count). The molecule has 4 nitrogen and oxygen atoms in total. The van der Waals surface area contributed by atoms with E-state index in [1.54, 1.807) is 13.1 Å². The first-order valence-corrected chi connectivity index (χ1v) is 6.15. The van der Waals surface area contributed by atoms with Gasteiger partial charge in [-0.15, -0.1) is 0 Å².